The first-order valence-electron chi connectivity index (χ1n) is 5.63. The lowest BCUT2D eigenvalue weighted by Gasteiger charge is -2.24. The Bertz CT molecular complexity index is 481. The molecular weight excluding hydrogens is 388 g/mol. The molecule has 0 aromatic heterocycles. The molecule has 1 atom stereocenters. The van der Waals surface area contributed by atoms with Crippen molar-refractivity contribution < 1.29 is 13.6 Å². The molecule has 7 heteroatoms. The van der Waals surface area contributed by atoms with Gasteiger partial charge < -0.3 is 10.2 Å². The van der Waals surface area contributed by atoms with Crippen molar-refractivity contribution in [3.63, 3.8) is 0 Å². The van der Waals surface area contributed by atoms with Crippen molar-refractivity contribution in [2.75, 3.05) is 20.1 Å². The van der Waals surface area contributed by atoms with E-state index in [1.165, 1.54) is 11.0 Å². The van der Waals surface area contributed by atoms with Crippen molar-refractivity contribution in [1.29, 1.82) is 0 Å². The maximum absolute atomic E-state index is 13.6. The van der Waals surface area contributed by atoms with E-state index >= 15 is 0 Å². The molecule has 3 nitrogen and oxygen atoms in total. The van der Waals surface area contributed by atoms with Crippen LogP contribution in [0.15, 0.2) is 12.1 Å². The maximum Gasteiger partial charge on any atom is 0.256 e. The van der Waals surface area contributed by atoms with Crippen LogP contribution in [0.4, 0.5) is 8.78 Å². The van der Waals surface area contributed by atoms with Crippen molar-refractivity contribution >= 4 is 40.9 Å². The minimum atomic E-state index is -0.810. The summed E-state index contributed by atoms with van der Waals surface area (Å²) >= 11 is 1.75. The predicted molar refractivity (Wildman–Crippen MR) is 79.7 cm³/mol. The van der Waals surface area contributed by atoms with Crippen molar-refractivity contribution in [3.8, 4) is 0 Å². The Morgan fingerprint density at radius 3 is 2.68 bits per heavy atom. The van der Waals surface area contributed by atoms with Crippen LogP contribution in [0.5, 0.6) is 0 Å². The lowest BCUT2D eigenvalue weighted by molar-refractivity contribution is 0.0739. The lowest BCUT2D eigenvalue weighted by Crippen LogP contribution is -2.38. The van der Waals surface area contributed by atoms with Crippen molar-refractivity contribution in [3.05, 3.63) is 32.9 Å². The molecule has 1 fully saturated rings. The first kappa shape index (κ1) is 16.6. The predicted octanol–water partition coefficient (Wildman–Crippen LogP) is 2.43. The maximum atomic E-state index is 13.6. The fraction of sp³-hybridized carbons (Fsp3) is 0.417. The van der Waals surface area contributed by atoms with Crippen LogP contribution in [0.1, 0.15) is 16.8 Å². The average molecular weight is 403 g/mol. The molecule has 2 rings (SSSR count). The second kappa shape index (κ2) is 6.81. The smallest absolute Gasteiger partial charge is 0.256 e. The fourth-order valence-electron chi connectivity index (χ4n) is 2.01. The Morgan fingerprint density at radius 2 is 2.11 bits per heavy atom. The molecule has 1 amide bonds. The van der Waals surface area contributed by atoms with Crippen LogP contribution in [-0.4, -0.2) is 37.0 Å². The second-order valence-electron chi connectivity index (χ2n) is 4.31. The number of amides is 1. The minimum absolute atomic E-state index is 0. The molecule has 1 saturated heterocycles. The third kappa shape index (κ3) is 3.55. The Balaban J connectivity index is 0.00000180. The molecule has 0 saturated carbocycles. The van der Waals surface area contributed by atoms with Crippen LogP contribution in [0, 0.1) is 15.2 Å². The van der Waals surface area contributed by atoms with Crippen LogP contribution in [0.2, 0.25) is 0 Å². The summed E-state index contributed by atoms with van der Waals surface area (Å²) in [6.45, 7) is 1.56. The normalized spacial score (nSPS) is 18.0. The SMILES string of the molecule is CN(C(=O)c1cc(I)c(F)cc1F)C1CCNC1.Cl. The van der Waals surface area contributed by atoms with E-state index in [1.807, 2.05) is 0 Å². The Labute approximate surface area is 130 Å². The van der Waals surface area contributed by atoms with Gasteiger partial charge in [-0.15, -0.1) is 12.4 Å². The van der Waals surface area contributed by atoms with Gasteiger partial charge in [-0.3, -0.25) is 4.79 Å². The Morgan fingerprint density at radius 1 is 1.42 bits per heavy atom. The van der Waals surface area contributed by atoms with E-state index in [2.05, 4.69) is 5.32 Å². The molecule has 1 aromatic rings. The van der Waals surface area contributed by atoms with Gasteiger partial charge in [0.2, 0.25) is 0 Å². The number of hydrogen-bond acceptors (Lipinski definition) is 2. The Hall–Kier alpha value is -0.470. The van der Waals surface area contributed by atoms with Crippen LogP contribution >= 0.6 is 35.0 Å². The largest absolute Gasteiger partial charge is 0.337 e. The molecule has 106 valence electrons. The number of rotatable bonds is 2. The van der Waals surface area contributed by atoms with E-state index in [0.29, 0.717) is 6.54 Å². The third-order valence-electron chi connectivity index (χ3n) is 3.14. The standard InChI is InChI=1S/C12H13F2IN2O.ClH/c1-17(7-2-3-16-6-7)12(18)8-4-11(15)10(14)5-9(8)13;/h4-5,7,16H,2-3,6H2,1H3;1H. The van der Waals surface area contributed by atoms with Crippen LogP contribution in [0.25, 0.3) is 0 Å². The van der Waals surface area contributed by atoms with Gasteiger partial charge in [-0.25, -0.2) is 8.78 Å². The first-order chi connectivity index (χ1) is 8.50. The van der Waals surface area contributed by atoms with Gasteiger partial charge in [0.1, 0.15) is 11.6 Å². The highest BCUT2D eigenvalue weighted by Crippen LogP contribution is 2.19. The molecule has 0 bridgehead atoms. The van der Waals surface area contributed by atoms with Crippen molar-refractivity contribution in [1.82, 2.24) is 10.2 Å². The molecule has 1 aliphatic rings. The van der Waals surface area contributed by atoms with E-state index in [9.17, 15) is 13.6 Å². The summed E-state index contributed by atoms with van der Waals surface area (Å²) in [5.41, 5.74) is -0.0739. The number of benzene rings is 1. The summed E-state index contributed by atoms with van der Waals surface area (Å²) in [5, 5.41) is 3.15. The summed E-state index contributed by atoms with van der Waals surface area (Å²) < 4.78 is 27.0. The highest BCUT2D eigenvalue weighted by molar-refractivity contribution is 14.1. The molecule has 1 heterocycles. The van der Waals surface area contributed by atoms with Gasteiger partial charge in [0.25, 0.3) is 5.91 Å². The topological polar surface area (TPSA) is 32.3 Å². The Kier molecular flexibility index (Phi) is 5.94. The van der Waals surface area contributed by atoms with E-state index in [-0.39, 0.29) is 27.6 Å². The third-order valence-corrected chi connectivity index (χ3v) is 3.97. The van der Waals surface area contributed by atoms with E-state index in [1.54, 1.807) is 29.6 Å². The molecule has 1 aromatic carbocycles. The van der Waals surface area contributed by atoms with Crippen LogP contribution in [0.3, 0.4) is 0 Å². The van der Waals surface area contributed by atoms with E-state index in [0.717, 1.165) is 19.0 Å². The molecule has 1 N–H and O–H groups in total. The van der Waals surface area contributed by atoms with Crippen LogP contribution in [-0.2, 0) is 0 Å². The number of halogens is 4. The molecular formula is C12H14ClF2IN2O. The summed E-state index contributed by atoms with van der Waals surface area (Å²) in [7, 11) is 1.65. The highest BCUT2D eigenvalue weighted by atomic mass is 127. The van der Waals surface area contributed by atoms with Gasteiger partial charge in [0, 0.05) is 29.3 Å². The molecule has 0 spiro atoms. The zero-order valence-electron chi connectivity index (χ0n) is 10.3. The van der Waals surface area contributed by atoms with E-state index in [4.69, 9.17) is 0 Å². The number of likely N-dealkylation sites (N-methyl/N-ethyl adjacent to an activating group) is 1. The number of nitrogens with zero attached hydrogens (tertiary/aromatic N) is 1. The quantitative estimate of drug-likeness (QED) is 0.609. The molecule has 19 heavy (non-hydrogen) atoms. The summed E-state index contributed by atoms with van der Waals surface area (Å²) in [4.78, 5) is 13.7. The first-order valence-corrected chi connectivity index (χ1v) is 6.71. The summed E-state index contributed by atoms with van der Waals surface area (Å²) in [6, 6.07) is 2.09. The van der Waals surface area contributed by atoms with Crippen molar-refractivity contribution in [2.24, 2.45) is 0 Å². The molecule has 1 aliphatic heterocycles. The van der Waals surface area contributed by atoms with Gasteiger partial charge >= 0.3 is 0 Å². The highest BCUT2D eigenvalue weighted by Gasteiger charge is 2.26. The number of carbonyl (C=O) groups is 1. The monoisotopic (exact) mass is 402 g/mol. The van der Waals surface area contributed by atoms with Gasteiger partial charge in [0.15, 0.2) is 0 Å². The number of carbonyl (C=O) groups excluding carboxylic acids is 1. The van der Waals surface area contributed by atoms with Crippen LogP contribution < -0.4 is 5.32 Å². The zero-order valence-corrected chi connectivity index (χ0v) is 13.2. The molecule has 0 aliphatic carbocycles. The molecule has 0 radical (unpaired) electrons. The number of nitrogens with one attached hydrogen (secondary N) is 1. The van der Waals surface area contributed by atoms with Gasteiger partial charge in [0.05, 0.1) is 5.56 Å². The second-order valence-corrected chi connectivity index (χ2v) is 5.47. The number of hydrogen-bond donors (Lipinski definition) is 1. The molecule has 1 unspecified atom stereocenters. The van der Waals surface area contributed by atoms with Gasteiger partial charge in [-0.05, 0) is 41.6 Å². The van der Waals surface area contributed by atoms with Gasteiger partial charge in [-0.1, -0.05) is 0 Å². The summed E-state index contributed by atoms with van der Waals surface area (Å²) in [6.07, 6.45) is 0.849. The van der Waals surface area contributed by atoms with E-state index < -0.39 is 17.5 Å². The fourth-order valence-corrected chi connectivity index (χ4v) is 2.48. The lowest BCUT2D eigenvalue weighted by atomic mass is 10.1. The van der Waals surface area contributed by atoms with Gasteiger partial charge in [-0.2, -0.15) is 0 Å². The average Bonchev–Trinajstić information content (AvgIpc) is 2.85. The summed E-state index contributed by atoms with van der Waals surface area (Å²) in [5.74, 6) is -1.86. The van der Waals surface area contributed by atoms with Crippen molar-refractivity contribution in [2.45, 2.75) is 12.5 Å². The minimum Gasteiger partial charge on any atom is -0.337 e. The zero-order chi connectivity index (χ0) is 13.3.